The molecule has 0 atom stereocenters. The van der Waals surface area contributed by atoms with Gasteiger partial charge in [0.2, 0.25) is 6.41 Å². The van der Waals surface area contributed by atoms with Gasteiger partial charge in [0.15, 0.2) is 0 Å². The molecular formula is C12H27NO2. The van der Waals surface area contributed by atoms with Gasteiger partial charge in [-0.05, 0) is 32.7 Å². The maximum absolute atomic E-state index is 5.51. The van der Waals surface area contributed by atoms with Gasteiger partial charge < -0.3 is 9.47 Å². The minimum atomic E-state index is -0.192. The van der Waals surface area contributed by atoms with Crippen molar-refractivity contribution in [3.63, 3.8) is 0 Å². The maximum Gasteiger partial charge on any atom is 0.218 e. The molecule has 0 aromatic rings. The molecule has 0 aliphatic carbocycles. The highest BCUT2D eigenvalue weighted by molar-refractivity contribution is 4.64. The molecule has 3 heteroatoms. The van der Waals surface area contributed by atoms with E-state index in [9.17, 15) is 0 Å². The molecule has 0 amide bonds. The van der Waals surface area contributed by atoms with Gasteiger partial charge in [0.05, 0.1) is 0 Å². The van der Waals surface area contributed by atoms with Crippen molar-refractivity contribution in [2.75, 3.05) is 26.8 Å². The fourth-order valence-electron chi connectivity index (χ4n) is 1.20. The highest BCUT2D eigenvalue weighted by Crippen LogP contribution is 2.19. The number of rotatable bonds is 7. The number of ether oxygens (including phenoxy) is 2. The molecule has 0 unspecified atom stereocenters. The molecule has 0 N–H and O–H groups in total. The van der Waals surface area contributed by atoms with E-state index in [-0.39, 0.29) is 6.41 Å². The summed E-state index contributed by atoms with van der Waals surface area (Å²) in [6, 6.07) is 0. The summed E-state index contributed by atoms with van der Waals surface area (Å²) in [6.45, 7) is 13.1. The Labute approximate surface area is 94.7 Å². The first-order valence-corrected chi connectivity index (χ1v) is 5.84. The quantitative estimate of drug-likeness (QED) is 0.612. The number of hydrogen-bond acceptors (Lipinski definition) is 3. The first-order valence-electron chi connectivity index (χ1n) is 5.84. The summed E-state index contributed by atoms with van der Waals surface area (Å²) in [6.07, 6.45) is 0.947. The lowest BCUT2D eigenvalue weighted by Crippen LogP contribution is -2.38. The number of nitrogens with zero attached hydrogens (tertiary/aromatic N) is 1. The number of hydrogen-bond donors (Lipinski definition) is 0. The van der Waals surface area contributed by atoms with Crippen molar-refractivity contribution in [1.29, 1.82) is 0 Å². The fraction of sp³-hybridized carbons (Fsp3) is 1.00. The second kappa shape index (κ2) is 7.20. The van der Waals surface area contributed by atoms with Crippen LogP contribution in [0.5, 0.6) is 0 Å². The minimum Gasteiger partial charge on any atom is -0.340 e. The summed E-state index contributed by atoms with van der Waals surface area (Å²) in [5.74, 6) is 0. The Kier molecular flexibility index (Phi) is 7.14. The van der Waals surface area contributed by atoms with Gasteiger partial charge in [0.1, 0.15) is 0 Å². The van der Waals surface area contributed by atoms with E-state index in [2.05, 4.69) is 25.7 Å². The first-order chi connectivity index (χ1) is 6.90. The van der Waals surface area contributed by atoms with Crippen LogP contribution in [0.1, 0.15) is 41.0 Å². The third kappa shape index (κ3) is 7.77. The van der Waals surface area contributed by atoms with Crippen molar-refractivity contribution < 1.29 is 9.47 Å². The highest BCUT2D eigenvalue weighted by Gasteiger charge is 2.17. The van der Waals surface area contributed by atoms with Crippen LogP contribution in [0.3, 0.4) is 0 Å². The lowest BCUT2D eigenvalue weighted by atomic mass is 9.92. The molecule has 3 nitrogen and oxygen atoms in total. The highest BCUT2D eigenvalue weighted by atomic mass is 16.7. The summed E-state index contributed by atoms with van der Waals surface area (Å²) in [5, 5.41) is 0. The van der Waals surface area contributed by atoms with Crippen LogP contribution in [0.25, 0.3) is 0 Å². The molecule has 15 heavy (non-hydrogen) atoms. The third-order valence-corrected chi connectivity index (χ3v) is 2.19. The van der Waals surface area contributed by atoms with E-state index in [4.69, 9.17) is 9.47 Å². The molecule has 0 spiro atoms. The van der Waals surface area contributed by atoms with Gasteiger partial charge in [-0.25, -0.2) is 0 Å². The van der Waals surface area contributed by atoms with E-state index >= 15 is 0 Å². The third-order valence-electron chi connectivity index (χ3n) is 2.19. The van der Waals surface area contributed by atoms with E-state index in [1.54, 1.807) is 0 Å². The van der Waals surface area contributed by atoms with Gasteiger partial charge in [-0.3, -0.25) is 4.90 Å². The Hall–Kier alpha value is -0.120. The Morgan fingerprint density at radius 1 is 1.07 bits per heavy atom. The van der Waals surface area contributed by atoms with Crippen molar-refractivity contribution in [2.24, 2.45) is 5.41 Å². The van der Waals surface area contributed by atoms with Gasteiger partial charge in [0.25, 0.3) is 0 Å². The van der Waals surface area contributed by atoms with Crippen molar-refractivity contribution in [3.05, 3.63) is 0 Å². The van der Waals surface area contributed by atoms with E-state index in [1.807, 2.05) is 20.9 Å². The van der Waals surface area contributed by atoms with Gasteiger partial charge in [-0.15, -0.1) is 0 Å². The van der Waals surface area contributed by atoms with Crippen LogP contribution in [0.2, 0.25) is 0 Å². The molecule has 0 radical (unpaired) electrons. The van der Waals surface area contributed by atoms with E-state index < -0.39 is 0 Å². The van der Waals surface area contributed by atoms with Crippen molar-refractivity contribution in [1.82, 2.24) is 4.90 Å². The molecule has 0 aliphatic heterocycles. The van der Waals surface area contributed by atoms with Crippen LogP contribution in [-0.4, -0.2) is 38.1 Å². The molecule has 0 aliphatic rings. The average Bonchev–Trinajstić information content (AvgIpc) is 2.13. The smallest absolute Gasteiger partial charge is 0.218 e. The molecular weight excluding hydrogens is 190 g/mol. The molecule has 92 valence electrons. The van der Waals surface area contributed by atoms with E-state index in [1.165, 1.54) is 0 Å². The molecule has 0 fully saturated rings. The normalized spacial score (nSPS) is 12.8. The zero-order valence-corrected chi connectivity index (χ0v) is 11.2. The summed E-state index contributed by atoms with van der Waals surface area (Å²) in [4.78, 5) is 2.12. The SMILES string of the molecule is CCOC(OCC)N(C)CCC(C)(C)C. The van der Waals surface area contributed by atoms with Gasteiger partial charge in [-0.1, -0.05) is 20.8 Å². The Balaban J connectivity index is 3.96. The van der Waals surface area contributed by atoms with Crippen molar-refractivity contribution in [2.45, 2.75) is 47.5 Å². The lowest BCUT2D eigenvalue weighted by molar-refractivity contribution is -0.214. The zero-order valence-electron chi connectivity index (χ0n) is 11.2. The van der Waals surface area contributed by atoms with E-state index in [0.29, 0.717) is 18.6 Å². The van der Waals surface area contributed by atoms with Gasteiger partial charge in [0, 0.05) is 19.8 Å². The monoisotopic (exact) mass is 217 g/mol. The zero-order chi connectivity index (χ0) is 11.9. The second-order valence-electron chi connectivity index (χ2n) is 5.01. The molecule has 0 saturated carbocycles. The maximum atomic E-state index is 5.51. The fourth-order valence-corrected chi connectivity index (χ4v) is 1.20. The standard InChI is InChI=1S/C12H27NO2/c1-7-14-11(15-8-2)13(6)10-9-12(3,4)5/h11H,7-10H2,1-6H3. The molecule has 0 aromatic carbocycles. The Bertz CT molecular complexity index is 148. The predicted molar refractivity (Wildman–Crippen MR) is 63.7 cm³/mol. The largest absolute Gasteiger partial charge is 0.340 e. The van der Waals surface area contributed by atoms with Gasteiger partial charge in [-0.2, -0.15) is 0 Å². The van der Waals surface area contributed by atoms with Crippen molar-refractivity contribution in [3.8, 4) is 0 Å². The second-order valence-corrected chi connectivity index (χ2v) is 5.01. The van der Waals surface area contributed by atoms with Gasteiger partial charge >= 0.3 is 0 Å². The molecule has 0 rings (SSSR count). The van der Waals surface area contributed by atoms with Crippen LogP contribution in [-0.2, 0) is 9.47 Å². The van der Waals surface area contributed by atoms with Crippen LogP contribution in [0.4, 0.5) is 0 Å². The molecule has 0 saturated heterocycles. The Morgan fingerprint density at radius 3 is 1.87 bits per heavy atom. The summed E-state index contributed by atoms with van der Waals surface area (Å²) < 4.78 is 11.0. The van der Waals surface area contributed by atoms with Crippen LogP contribution >= 0.6 is 0 Å². The van der Waals surface area contributed by atoms with Crippen LogP contribution < -0.4 is 0 Å². The van der Waals surface area contributed by atoms with Crippen molar-refractivity contribution >= 4 is 0 Å². The topological polar surface area (TPSA) is 21.7 Å². The molecule has 0 bridgehead atoms. The van der Waals surface area contributed by atoms with Crippen LogP contribution in [0.15, 0.2) is 0 Å². The molecule has 0 heterocycles. The predicted octanol–water partition coefficient (Wildman–Crippen LogP) is 2.71. The molecule has 0 aromatic heterocycles. The Morgan fingerprint density at radius 2 is 1.53 bits per heavy atom. The summed E-state index contributed by atoms with van der Waals surface area (Å²) >= 11 is 0. The lowest BCUT2D eigenvalue weighted by Gasteiger charge is -2.29. The van der Waals surface area contributed by atoms with Crippen LogP contribution in [0, 0.1) is 5.41 Å². The average molecular weight is 217 g/mol. The van der Waals surface area contributed by atoms with E-state index in [0.717, 1.165) is 13.0 Å². The summed E-state index contributed by atoms with van der Waals surface area (Å²) in [7, 11) is 2.04. The minimum absolute atomic E-state index is 0.192. The first kappa shape index (κ1) is 14.9. The summed E-state index contributed by atoms with van der Waals surface area (Å²) in [5.41, 5.74) is 0.358.